The fraction of sp³-hybridized carbons (Fsp3) is 0.200. The molecule has 23 heavy (non-hydrogen) atoms. The molecule has 116 valence electrons. The number of carbonyl (C=O) groups excluding carboxylic acids is 1. The maximum absolute atomic E-state index is 12.3. The molecule has 0 saturated heterocycles. The van der Waals surface area contributed by atoms with Gasteiger partial charge in [0.1, 0.15) is 6.07 Å². The van der Waals surface area contributed by atoms with Gasteiger partial charge in [-0.25, -0.2) is 0 Å². The third kappa shape index (κ3) is 4.82. The van der Waals surface area contributed by atoms with E-state index in [-0.39, 0.29) is 11.3 Å². The lowest BCUT2D eigenvalue weighted by Crippen LogP contribution is -2.12. The highest BCUT2D eigenvalue weighted by Crippen LogP contribution is 2.18. The first kappa shape index (κ1) is 16.5. The summed E-state index contributed by atoms with van der Waals surface area (Å²) in [5, 5.41) is 11.8. The first-order valence-electron chi connectivity index (χ1n) is 7.49. The summed E-state index contributed by atoms with van der Waals surface area (Å²) in [6.07, 6.45) is 4.18. The summed E-state index contributed by atoms with van der Waals surface area (Å²) < 4.78 is 0. The minimum Gasteiger partial charge on any atom is -0.321 e. The fourth-order valence-electron chi connectivity index (χ4n) is 1.98. The van der Waals surface area contributed by atoms with Gasteiger partial charge in [0.05, 0.1) is 11.3 Å². The second-order valence-corrected chi connectivity index (χ2v) is 6.43. The van der Waals surface area contributed by atoms with Gasteiger partial charge >= 0.3 is 0 Å². The molecule has 1 N–H and O–H groups in total. The van der Waals surface area contributed by atoms with Crippen molar-refractivity contribution in [3.05, 3.63) is 71.3 Å². The number of rotatable bonds is 3. The highest BCUT2D eigenvalue weighted by Gasteiger charge is 2.09. The van der Waals surface area contributed by atoms with E-state index in [9.17, 15) is 4.79 Å². The average molecular weight is 304 g/mol. The zero-order valence-electron chi connectivity index (χ0n) is 13.6. The van der Waals surface area contributed by atoms with Crippen LogP contribution in [0.1, 0.15) is 42.3 Å². The van der Waals surface area contributed by atoms with E-state index in [1.807, 2.05) is 18.2 Å². The number of anilines is 1. The Balaban J connectivity index is 2.12. The van der Waals surface area contributed by atoms with Crippen LogP contribution in [0.15, 0.2) is 54.6 Å². The zero-order chi connectivity index (χ0) is 16.9. The van der Waals surface area contributed by atoms with Crippen LogP contribution in [0.2, 0.25) is 0 Å². The van der Waals surface area contributed by atoms with Crippen LogP contribution in [-0.4, -0.2) is 5.91 Å². The summed E-state index contributed by atoms with van der Waals surface area (Å²) >= 11 is 0. The molecule has 3 nitrogen and oxygen atoms in total. The van der Waals surface area contributed by atoms with E-state index in [1.54, 1.807) is 36.4 Å². The molecule has 0 unspecified atom stereocenters. The number of allylic oxidation sites excluding steroid dienone is 1. The number of nitrogens with one attached hydrogen (secondary N) is 1. The number of hydrogen-bond donors (Lipinski definition) is 1. The van der Waals surface area contributed by atoms with Crippen LogP contribution in [0.3, 0.4) is 0 Å². The van der Waals surface area contributed by atoms with Crippen LogP contribution in [0, 0.1) is 16.7 Å². The van der Waals surface area contributed by atoms with Crippen molar-refractivity contribution in [2.45, 2.75) is 20.8 Å². The number of nitriles is 1. The number of benzene rings is 2. The minimum atomic E-state index is -0.223. The summed E-state index contributed by atoms with van der Waals surface area (Å²) in [4.78, 5) is 12.3. The minimum absolute atomic E-state index is 0.122. The molecule has 0 atom stereocenters. The molecule has 0 aliphatic rings. The van der Waals surface area contributed by atoms with Crippen molar-refractivity contribution in [3.63, 3.8) is 0 Å². The monoisotopic (exact) mass is 304 g/mol. The molecule has 3 heteroatoms. The van der Waals surface area contributed by atoms with Gasteiger partial charge in [0.15, 0.2) is 0 Å². The maximum Gasteiger partial charge on any atom is 0.255 e. The van der Waals surface area contributed by atoms with Gasteiger partial charge in [0, 0.05) is 5.56 Å². The SMILES string of the molecule is CC(C)(C)C=Cc1ccc(C(=O)Nc2ccccc2C#N)cc1. The van der Waals surface area contributed by atoms with Crippen molar-refractivity contribution in [3.8, 4) is 6.07 Å². The van der Waals surface area contributed by atoms with E-state index in [2.05, 4.69) is 38.2 Å². The number of hydrogen-bond acceptors (Lipinski definition) is 2. The first-order valence-corrected chi connectivity index (χ1v) is 7.49. The van der Waals surface area contributed by atoms with Crippen molar-refractivity contribution in [1.82, 2.24) is 0 Å². The lowest BCUT2D eigenvalue weighted by Gasteiger charge is -2.11. The summed E-state index contributed by atoms with van der Waals surface area (Å²) in [7, 11) is 0. The number of para-hydroxylation sites is 1. The molecular formula is C20H20N2O. The molecule has 2 rings (SSSR count). The van der Waals surface area contributed by atoms with Crippen LogP contribution >= 0.6 is 0 Å². The Labute approximate surface area is 137 Å². The van der Waals surface area contributed by atoms with Crippen molar-refractivity contribution in [2.24, 2.45) is 5.41 Å². The van der Waals surface area contributed by atoms with Gasteiger partial charge in [-0.2, -0.15) is 5.26 Å². The van der Waals surface area contributed by atoms with Crippen LogP contribution in [0.25, 0.3) is 6.08 Å². The van der Waals surface area contributed by atoms with E-state index in [0.717, 1.165) is 5.56 Å². The van der Waals surface area contributed by atoms with Crippen molar-refractivity contribution >= 4 is 17.7 Å². The molecule has 0 aromatic heterocycles. The molecule has 0 heterocycles. The van der Waals surface area contributed by atoms with Crippen molar-refractivity contribution in [1.29, 1.82) is 5.26 Å². The number of carbonyl (C=O) groups is 1. The Morgan fingerprint density at radius 1 is 1.09 bits per heavy atom. The number of amides is 1. The third-order valence-electron chi connectivity index (χ3n) is 3.24. The van der Waals surface area contributed by atoms with E-state index in [0.29, 0.717) is 16.8 Å². The van der Waals surface area contributed by atoms with Crippen molar-refractivity contribution < 1.29 is 4.79 Å². The van der Waals surface area contributed by atoms with E-state index >= 15 is 0 Å². The van der Waals surface area contributed by atoms with E-state index in [1.165, 1.54) is 0 Å². The summed E-state index contributed by atoms with van der Waals surface area (Å²) in [5.41, 5.74) is 2.71. The molecule has 0 radical (unpaired) electrons. The van der Waals surface area contributed by atoms with Gasteiger partial charge in [0.25, 0.3) is 5.91 Å². The highest BCUT2D eigenvalue weighted by molar-refractivity contribution is 6.05. The van der Waals surface area contributed by atoms with Crippen LogP contribution in [0.5, 0.6) is 0 Å². The Hall–Kier alpha value is -2.86. The van der Waals surface area contributed by atoms with Gasteiger partial charge in [-0.3, -0.25) is 4.79 Å². The quantitative estimate of drug-likeness (QED) is 0.879. The summed E-state index contributed by atoms with van der Waals surface area (Å²) in [6.45, 7) is 6.41. The first-order chi connectivity index (χ1) is 10.9. The molecular weight excluding hydrogens is 284 g/mol. The molecule has 0 spiro atoms. The molecule has 2 aromatic carbocycles. The average Bonchev–Trinajstić information content (AvgIpc) is 2.53. The lowest BCUT2D eigenvalue weighted by atomic mass is 9.95. The largest absolute Gasteiger partial charge is 0.321 e. The second-order valence-electron chi connectivity index (χ2n) is 6.43. The normalized spacial score (nSPS) is 11.2. The summed E-state index contributed by atoms with van der Waals surface area (Å²) in [6, 6.07) is 16.4. The maximum atomic E-state index is 12.3. The molecule has 0 fully saturated rings. The molecule has 0 bridgehead atoms. The van der Waals surface area contributed by atoms with Gasteiger partial charge in [-0.05, 0) is 35.2 Å². The third-order valence-corrected chi connectivity index (χ3v) is 3.24. The van der Waals surface area contributed by atoms with Crippen molar-refractivity contribution in [2.75, 3.05) is 5.32 Å². The smallest absolute Gasteiger partial charge is 0.255 e. The Kier molecular flexibility index (Phi) is 4.98. The molecule has 0 aliphatic carbocycles. The van der Waals surface area contributed by atoms with Crippen LogP contribution in [-0.2, 0) is 0 Å². The zero-order valence-corrected chi connectivity index (χ0v) is 13.6. The second kappa shape index (κ2) is 6.93. The van der Waals surface area contributed by atoms with E-state index < -0.39 is 0 Å². The Bertz CT molecular complexity index is 759. The standard InChI is InChI=1S/C20H20N2O/c1-20(2,3)13-12-15-8-10-16(11-9-15)19(23)22-18-7-5-4-6-17(18)14-21/h4-13H,1-3H3,(H,22,23). The lowest BCUT2D eigenvalue weighted by molar-refractivity contribution is 0.102. The van der Waals surface area contributed by atoms with E-state index in [4.69, 9.17) is 5.26 Å². The van der Waals surface area contributed by atoms with Crippen LogP contribution in [0.4, 0.5) is 5.69 Å². The Morgan fingerprint density at radius 3 is 2.35 bits per heavy atom. The van der Waals surface area contributed by atoms with Crippen LogP contribution < -0.4 is 5.32 Å². The van der Waals surface area contributed by atoms with Gasteiger partial charge < -0.3 is 5.32 Å². The fourth-order valence-corrected chi connectivity index (χ4v) is 1.98. The Morgan fingerprint density at radius 2 is 1.74 bits per heavy atom. The molecule has 2 aromatic rings. The van der Waals surface area contributed by atoms with Gasteiger partial charge in [0.2, 0.25) is 0 Å². The topological polar surface area (TPSA) is 52.9 Å². The molecule has 0 aliphatic heterocycles. The summed E-state index contributed by atoms with van der Waals surface area (Å²) in [5.74, 6) is -0.223. The van der Waals surface area contributed by atoms with Gasteiger partial charge in [-0.1, -0.05) is 57.2 Å². The predicted molar refractivity (Wildman–Crippen MR) is 94.0 cm³/mol. The number of nitrogens with zero attached hydrogens (tertiary/aromatic N) is 1. The highest BCUT2D eigenvalue weighted by atomic mass is 16.1. The molecule has 1 amide bonds. The predicted octanol–water partition coefficient (Wildman–Crippen LogP) is 4.87. The van der Waals surface area contributed by atoms with Gasteiger partial charge in [-0.15, -0.1) is 0 Å². The molecule has 0 saturated carbocycles.